The molecule has 0 bridgehead atoms. The highest BCUT2D eigenvalue weighted by atomic mass is 35.5. The Labute approximate surface area is 165 Å². The predicted octanol–water partition coefficient (Wildman–Crippen LogP) is 3.00. The third-order valence-corrected chi connectivity index (χ3v) is 5.87. The van der Waals surface area contributed by atoms with Crippen molar-refractivity contribution in [1.82, 2.24) is 5.32 Å². The van der Waals surface area contributed by atoms with Gasteiger partial charge in [-0.15, -0.1) is 0 Å². The van der Waals surface area contributed by atoms with Gasteiger partial charge < -0.3 is 10.1 Å². The third kappa shape index (κ3) is 5.95. The Kier molecular flexibility index (Phi) is 7.65. The Bertz CT molecular complexity index is 870. The molecule has 0 aliphatic heterocycles. The maximum Gasteiger partial charge on any atom is 0.264 e. The summed E-state index contributed by atoms with van der Waals surface area (Å²) in [6.07, 6.45) is 0.649. The molecule has 1 amide bonds. The molecule has 0 saturated heterocycles. The average Bonchev–Trinajstić information content (AvgIpc) is 2.63. The van der Waals surface area contributed by atoms with Gasteiger partial charge in [-0.1, -0.05) is 23.7 Å². The predicted molar refractivity (Wildman–Crippen MR) is 107 cm³/mol. The molecule has 0 spiro atoms. The number of carbonyl (C=O) groups is 1. The second-order valence-electron chi connectivity index (χ2n) is 6.00. The number of amides is 1. The summed E-state index contributed by atoms with van der Waals surface area (Å²) in [5, 5.41) is 3.16. The fourth-order valence-electron chi connectivity index (χ4n) is 2.46. The van der Waals surface area contributed by atoms with E-state index in [0.29, 0.717) is 30.3 Å². The van der Waals surface area contributed by atoms with E-state index in [0.717, 1.165) is 9.87 Å². The minimum Gasteiger partial charge on any atom is -0.385 e. The van der Waals surface area contributed by atoms with E-state index >= 15 is 0 Å². The number of hydrogen-bond donors (Lipinski definition) is 1. The number of carbonyl (C=O) groups excluding carboxylic acids is 1. The molecule has 0 aliphatic carbocycles. The monoisotopic (exact) mass is 410 g/mol. The molecule has 0 radical (unpaired) electrons. The number of methoxy groups -OCH3 is 1. The number of rotatable bonds is 9. The van der Waals surface area contributed by atoms with Crippen LogP contribution in [0.2, 0.25) is 5.02 Å². The molecule has 0 atom stereocenters. The summed E-state index contributed by atoms with van der Waals surface area (Å²) in [4.78, 5) is 12.4. The molecular formula is C19H23ClN2O4S. The lowest BCUT2D eigenvalue weighted by molar-refractivity contribution is -0.119. The van der Waals surface area contributed by atoms with Gasteiger partial charge in [-0.25, -0.2) is 8.42 Å². The van der Waals surface area contributed by atoms with Gasteiger partial charge in [0.15, 0.2) is 0 Å². The van der Waals surface area contributed by atoms with Crippen LogP contribution < -0.4 is 9.62 Å². The van der Waals surface area contributed by atoms with Crippen molar-refractivity contribution in [1.29, 1.82) is 0 Å². The first-order valence-electron chi connectivity index (χ1n) is 8.45. The van der Waals surface area contributed by atoms with Crippen LogP contribution in [-0.4, -0.2) is 41.1 Å². The molecule has 146 valence electrons. The zero-order chi connectivity index (χ0) is 19.9. The summed E-state index contributed by atoms with van der Waals surface area (Å²) in [6, 6.07) is 12.9. The molecule has 0 fully saturated rings. The number of benzene rings is 2. The quantitative estimate of drug-likeness (QED) is 0.645. The molecule has 2 rings (SSSR count). The van der Waals surface area contributed by atoms with Crippen molar-refractivity contribution in [3.8, 4) is 0 Å². The molecule has 2 aromatic carbocycles. The van der Waals surface area contributed by atoms with Crippen LogP contribution in [0.25, 0.3) is 0 Å². The van der Waals surface area contributed by atoms with Crippen molar-refractivity contribution >= 4 is 33.2 Å². The van der Waals surface area contributed by atoms with Crippen molar-refractivity contribution in [2.75, 3.05) is 31.1 Å². The molecular weight excluding hydrogens is 388 g/mol. The molecule has 27 heavy (non-hydrogen) atoms. The van der Waals surface area contributed by atoms with Crippen molar-refractivity contribution in [3.63, 3.8) is 0 Å². The van der Waals surface area contributed by atoms with Crippen molar-refractivity contribution < 1.29 is 17.9 Å². The van der Waals surface area contributed by atoms with Gasteiger partial charge in [0.25, 0.3) is 10.0 Å². The molecule has 0 aromatic heterocycles. The Balaban J connectivity index is 2.29. The fourth-order valence-corrected chi connectivity index (χ4v) is 4.00. The van der Waals surface area contributed by atoms with Crippen LogP contribution in [-0.2, 0) is 19.6 Å². The highest BCUT2D eigenvalue weighted by Crippen LogP contribution is 2.25. The molecule has 0 saturated carbocycles. The highest BCUT2D eigenvalue weighted by Gasteiger charge is 2.27. The first kappa shape index (κ1) is 21.2. The van der Waals surface area contributed by atoms with Gasteiger partial charge in [0.2, 0.25) is 5.91 Å². The number of halogens is 1. The van der Waals surface area contributed by atoms with Crippen LogP contribution in [0.15, 0.2) is 53.4 Å². The summed E-state index contributed by atoms with van der Waals surface area (Å²) < 4.78 is 32.3. The standard InChI is InChI=1S/C19H23ClN2O4S/c1-15-5-3-6-17(13-15)22(14-19(23)21-11-4-12-26-2)27(24,25)18-9-7-16(20)8-10-18/h3,5-10,13H,4,11-12,14H2,1-2H3,(H,21,23). The molecule has 1 N–H and O–H groups in total. The fraction of sp³-hybridized carbons (Fsp3) is 0.316. The lowest BCUT2D eigenvalue weighted by Crippen LogP contribution is -2.41. The van der Waals surface area contributed by atoms with Crippen LogP contribution >= 0.6 is 11.6 Å². The van der Waals surface area contributed by atoms with Gasteiger partial charge >= 0.3 is 0 Å². The second-order valence-corrected chi connectivity index (χ2v) is 8.30. The Morgan fingerprint density at radius 2 is 1.89 bits per heavy atom. The number of sulfonamides is 1. The molecule has 0 heterocycles. The number of ether oxygens (including phenoxy) is 1. The maximum atomic E-state index is 13.2. The van der Waals surface area contributed by atoms with Crippen LogP contribution in [0.4, 0.5) is 5.69 Å². The first-order valence-corrected chi connectivity index (χ1v) is 10.3. The second kappa shape index (κ2) is 9.73. The Hall–Kier alpha value is -2.09. The summed E-state index contributed by atoms with van der Waals surface area (Å²) in [6.45, 7) is 2.48. The van der Waals surface area contributed by atoms with Crippen molar-refractivity contribution in [2.24, 2.45) is 0 Å². The SMILES string of the molecule is COCCCNC(=O)CN(c1cccc(C)c1)S(=O)(=O)c1ccc(Cl)cc1. The summed E-state index contributed by atoms with van der Waals surface area (Å²) in [5.41, 5.74) is 1.32. The van der Waals surface area contributed by atoms with Gasteiger partial charge in [0.1, 0.15) is 6.54 Å². The zero-order valence-corrected chi connectivity index (χ0v) is 16.9. The Morgan fingerprint density at radius 1 is 1.19 bits per heavy atom. The molecule has 8 heteroatoms. The van der Waals surface area contributed by atoms with E-state index in [1.165, 1.54) is 24.3 Å². The van der Waals surface area contributed by atoms with Crippen LogP contribution in [0, 0.1) is 6.92 Å². The van der Waals surface area contributed by atoms with Crippen molar-refractivity contribution in [2.45, 2.75) is 18.2 Å². The highest BCUT2D eigenvalue weighted by molar-refractivity contribution is 7.92. The summed E-state index contributed by atoms with van der Waals surface area (Å²) in [7, 11) is -2.35. The van der Waals surface area contributed by atoms with E-state index < -0.39 is 10.0 Å². The number of nitrogens with zero attached hydrogens (tertiary/aromatic N) is 1. The lowest BCUT2D eigenvalue weighted by Gasteiger charge is -2.24. The summed E-state index contributed by atoms with van der Waals surface area (Å²) >= 11 is 5.86. The molecule has 6 nitrogen and oxygen atoms in total. The van der Waals surface area contributed by atoms with E-state index in [2.05, 4.69) is 5.32 Å². The minimum absolute atomic E-state index is 0.0700. The molecule has 0 unspecified atom stereocenters. The average molecular weight is 411 g/mol. The number of hydrogen-bond acceptors (Lipinski definition) is 4. The largest absolute Gasteiger partial charge is 0.385 e. The van der Waals surface area contributed by atoms with E-state index in [-0.39, 0.29) is 17.3 Å². The van der Waals surface area contributed by atoms with Crippen LogP contribution in [0.5, 0.6) is 0 Å². The van der Waals surface area contributed by atoms with Gasteiger partial charge in [-0.05, 0) is 55.3 Å². The van der Waals surface area contributed by atoms with Gasteiger partial charge in [0.05, 0.1) is 10.6 Å². The van der Waals surface area contributed by atoms with Crippen LogP contribution in [0.3, 0.4) is 0 Å². The van der Waals surface area contributed by atoms with Gasteiger partial charge in [0, 0.05) is 25.3 Å². The summed E-state index contributed by atoms with van der Waals surface area (Å²) in [5.74, 6) is -0.384. The van der Waals surface area contributed by atoms with Gasteiger partial charge in [-0.2, -0.15) is 0 Å². The molecule has 2 aromatic rings. The van der Waals surface area contributed by atoms with Crippen molar-refractivity contribution in [3.05, 3.63) is 59.1 Å². The number of anilines is 1. The van der Waals surface area contributed by atoms with Crippen LogP contribution in [0.1, 0.15) is 12.0 Å². The van der Waals surface area contributed by atoms with Gasteiger partial charge in [-0.3, -0.25) is 9.10 Å². The smallest absolute Gasteiger partial charge is 0.264 e. The topological polar surface area (TPSA) is 75.7 Å². The van der Waals surface area contributed by atoms with E-state index in [9.17, 15) is 13.2 Å². The van der Waals surface area contributed by atoms with E-state index in [4.69, 9.17) is 16.3 Å². The zero-order valence-electron chi connectivity index (χ0n) is 15.3. The third-order valence-electron chi connectivity index (χ3n) is 3.83. The normalized spacial score (nSPS) is 11.2. The minimum atomic E-state index is -3.93. The molecule has 0 aliphatic rings. The van der Waals surface area contributed by atoms with E-state index in [1.807, 2.05) is 13.0 Å². The van der Waals surface area contributed by atoms with E-state index in [1.54, 1.807) is 25.3 Å². The first-order chi connectivity index (χ1) is 12.8. The lowest BCUT2D eigenvalue weighted by atomic mass is 10.2. The number of nitrogens with one attached hydrogen (secondary N) is 1. The maximum absolute atomic E-state index is 13.2. The Morgan fingerprint density at radius 3 is 2.52 bits per heavy atom. The number of aryl methyl sites for hydroxylation is 1.